The number of phenolic OH excluding ortho intramolecular Hbond substituents is 2. The van der Waals surface area contributed by atoms with Gasteiger partial charge in [-0.1, -0.05) is 30.3 Å². The van der Waals surface area contributed by atoms with Gasteiger partial charge in [0.15, 0.2) is 5.78 Å². The molecule has 2 aromatic rings. The molecular weight excluding hydrogens is 352 g/mol. The van der Waals surface area contributed by atoms with E-state index in [1.807, 2.05) is 6.07 Å². The molecule has 140 valence electrons. The van der Waals surface area contributed by atoms with Crippen LogP contribution in [0.25, 0.3) is 0 Å². The zero-order valence-corrected chi connectivity index (χ0v) is 15.7. The number of hydrogen-bond acceptors (Lipinski definition) is 5. The number of nitrogens with zero attached hydrogens (tertiary/aromatic N) is 2. The summed E-state index contributed by atoms with van der Waals surface area (Å²) in [6, 6.07) is 13.3. The van der Waals surface area contributed by atoms with E-state index in [9.17, 15) is 15.0 Å². The Morgan fingerprint density at radius 3 is 2.23 bits per heavy atom. The summed E-state index contributed by atoms with van der Waals surface area (Å²) in [6.07, 6.45) is 0. The minimum absolute atomic E-state index is 0. The standard InChI is InChI=1S/C20H24N2O3.ClH/c1-15-18(23)8-7-17(20(15)25)19(24)14-22-11-9-21(10-12-22)13-16-5-3-2-4-6-16;/h2-8,23,25H,9-14H2,1H3;1H. The highest BCUT2D eigenvalue weighted by Crippen LogP contribution is 2.29. The van der Waals surface area contributed by atoms with Gasteiger partial charge in [-0.2, -0.15) is 0 Å². The lowest BCUT2D eigenvalue weighted by Gasteiger charge is -2.34. The number of ketones is 1. The van der Waals surface area contributed by atoms with Crippen molar-refractivity contribution in [2.45, 2.75) is 13.5 Å². The average molecular weight is 377 g/mol. The third-order valence-electron chi connectivity index (χ3n) is 4.78. The van der Waals surface area contributed by atoms with Gasteiger partial charge in [-0.05, 0) is 24.6 Å². The highest BCUT2D eigenvalue weighted by Gasteiger charge is 2.22. The normalized spacial score (nSPS) is 15.4. The van der Waals surface area contributed by atoms with E-state index in [4.69, 9.17) is 0 Å². The van der Waals surface area contributed by atoms with Gasteiger partial charge in [0.1, 0.15) is 11.5 Å². The molecule has 1 heterocycles. The van der Waals surface area contributed by atoms with E-state index in [0.29, 0.717) is 5.56 Å². The Morgan fingerprint density at radius 1 is 0.962 bits per heavy atom. The maximum absolute atomic E-state index is 12.5. The van der Waals surface area contributed by atoms with Gasteiger partial charge in [0.2, 0.25) is 0 Å². The molecule has 5 nitrogen and oxygen atoms in total. The maximum Gasteiger partial charge on any atom is 0.180 e. The number of aromatic hydroxyl groups is 2. The summed E-state index contributed by atoms with van der Waals surface area (Å²) >= 11 is 0. The molecule has 0 aliphatic carbocycles. The number of Topliss-reactive ketones (excluding diaryl/α,β-unsaturated/α-hetero) is 1. The Kier molecular flexibility index (Phi) is 7.03. The van der Waals surface area contributed by atoms with Crippen molar-refractivity contribution in [1.29, 1.82) is 0 Å². The van der Waals surface area contributed by atoms with Gasteiger partial charge in [0, 0.05) is 38.3 Å². The number of piperazine rings is 1. The molecule has 2 N–H and O–H groups in total. The number of benzene rings is 2. The Morgan fingerprint density at radius 2 is 1.58 bits per heavy atom. The summed E-state index contributed by atoms with van der Waals surface area (Å²) in [5.41, 5.74) is 1.93. The third-order valence-corrected chi connectivity index (χ3v) is 4.78. The molecule has 0 atom stereocenters. The summed E-state index contributed by atoms with van der Waals surface area (Å²) in [5, 5.41) is 19.7. The topological polar surface area (TPSA) is 64.0 Å². The van der Waals surface area contributed by atoms with E-state index in [1.165, 1.54) is 17.7 Å². The second kappa shape index (κ2) is 9.03. The van der Waals surface area contributed by atoms with E-state index in [1.54, 1.807) is 6.92 Å². The van der Waals surface area contributed by atoms with E-state index in [2.05, 4.69) is 34.1 Å². The van der Waals surface area contributed by atoms with Gasteiger partial charge in [0.05, 0.1) is 12.1 Å². The largest absolute Gasteiger partial charge is 0.508 e. The molecule has 3 rings (SSSR count). The van der Waals surface area contributed by atoms with Gasteiger partial charge < -0.3 is 10.2 Å². The molecule has 1 aliphatic rings. The fraction of sp³-hybridized carbons (Fsp3) is 0.350. The fourth-order valence-electron chi connectivity index (χ4n) is 3.15. The molecule has 2 aromatic carbocycles. The summed E-state index contributed by atoms with van der Waals surface area (Å²) in [4.78, 5) is 17.0. The van der Waals surface area contributed by atoms with Crippen LogP contribution in [0.15, 0.2) is 42.5 Å². The smallest absolute Gasteiger partial charge is 0.180 e. The summed E-state index contributed by atoms with van der Waals surface area (Å²) in [6.45, 7) is 6.32. The van der Waals surface area contributed by atoms with Crippen molar-refractivity contribution in [1.82, 2.24) is 9.80 Å². The molecule has 1 saturated heterocycles. The van der Waals surface area contributed by atoms with E-state index < -0.39 is 0 Å². The highest BCUT2D eigenvalue weighted by molar-refractivity contribution is 6.00. The second-order valence-electron chi connectivity index (χ2n) is 6.57. The van der Waals surface area contributed by atoms with Gasteiger partial charge in [0.25, 0.3) is 0 Å². The quantitative estimate of drug-likeness (QED) is 0.785. The number of carbonyl (C=O) groups excluding carboxylic acids is 1. The van der Waals surface area contributed by atoms with Gasteiger partial charge >= 0.3 is 0 Å². The predicted octanol–water partition coefficient (Wildman–Crippen LogP) is 2.83. The fourth-order valence-corrected chi connectivity index (χ4v) is 3.15. The Bertz CT molecular complexity index is 744. The first-order chi connectivity index (χ1) is 12.0. The molecule has 6 heteroatoms. The second-order valence-corrected chi connectivity index (χ2v) is 6.57. The van der Waals surface area contributed by atoms with Crippen LogP contribution in [0.2, 0.25) is 0 Å². The molecule has 0 unspecified atom stereocenters. The summed E-state index contributed by atoms with van der Waals surface area (Å²) in [5.74, 6) is -0.228. The van der Waals surface area contributed by atoms with Crippen LogP contribution in [-0.2, 0) is 6.54 Å². The van der Waals surface area contributed by atoms with E-state index in [0.717, 1.165) is 32.7 Å². The Balaban J connectivity index is 0.00000243. The monoisotopic (exact) mass is 376 g/mol. The molecular formula is C20H25ClN2O3. The van der Waals surface area contributed by atoms with Crippen LogP contribution in [0.3, 0.4) is 0 Å². The Hall–Kier alpha value is -2.08. The molecule has 0 amide bonds. The number of halogens is 1. The van der Waals surface area contributed by atoms with Crippen molar-refractivity contribution < 1.29 is 15.0 Å². The summed E-state index contributed by atoms with van der Waals surface area (Å²) in [7, 11) is 0. The van der Waals surface area contributed by atoms with Gasteiger partial charge in [-0.3, -0.25) is 14.6 Å². The first-order valence-corrected chi connectivity index (χ1v) is 8.58. The van der Waals surface area contributed by atoms with E-state index in [-0.39, 0.29) is 41.8 Å². The van der Waals surface area contributed by atoms with Crippen molar-refractivity contribution >= 4 is 18.2 Å². The lowest BCUT2D eigenvalue weighted by molar-refractivity contribution is 0.0841. The highest BCUT2D eigenvalue weighted by atomic mass is 35.5. The zero-order chi connectivity index (χ0) is 17.8. The van der Waals surface area contributed by atoms with Crippen LogP contribution in [0.1, 0.15) is 21.5 Å². The molecule has 0 bridgehead atoms. The van der Waals surface area contributed by atoms with Crippen molar-refractivity contribution in [2.24, 2.45) is 0 Å². The van der Waals surface area contributed by atoms with Crippen molar-refractivity contribution in [3.63, 3.8) is 0 Å². The first-order valence-electron chi connectivity index (χ1n) is 8.58. The molecule has 0 aromatic heterocycles. The SMILES string of the molecule is Cc1c(O)ccc(C(=O)CN2CCN(Cc3ccccc3)CC2)c1O.Cl. The van der Waals surface area contributed by atoms with Crippen LogP contribution in [0.4, 0.5) is 0 Å². The van der Waals surface area contributed by atoms with Crippen LogP contribution in [-0.4, -0.2) is 58.5 Å². The average Bonchev–Trinajstić information content (AvgIpc) is 2.62. The van der Waals surface area contributed by atoms with Gasteiger partial charge in [-0.25, -0.2) is 0 Å². The summed E-state index contributed by atoms with van der Waals surface area (Å²) < 4.78 is 0. The Labute approximate surface area is 160 Å². The number of carbonyl (C=O) groups is 1. The molecule has 1 aliphatic heterocycles. The lowest BCUT2D eigenvalue weighted by Crippen LogP contribution is -2.47. The minimum atomic E-state index is -0.118. The van der Waals surface area contributed by atoms with Crippen LogP contribution < -0.4 is 0 Å². The number of hydrogen-bond donors (Lipinski definition) is 2. The lowest BCUT2D eigenvalue weighted by atomic mass is 10.0. The number of phenols is 2. The molecule has 0 saturated carbocycles. The third kappa shape index (κ3) is 4.75. The van der Waals surface area contributed by atoms with Crippen LogP contribution in [0.5, 0.6) is 11.5 Å². The van der Waals surface area contributed by atoms with Crippen LogP contribution >= 0.6 is 12.4 Å². The van der Waals surface area contributed by atoms with Crippen molar-refractivity contribution in [3.05, 3.63) is 59.2 Å². The van der Waals surface area contributed by atoms with Crippen LogP contribution in [0, 0.1) is 6.92 Å². The predicted molar refractivity (Wildman–Crippen MR) is 104 cm³/mol. The van der Waals surface area contributed by atoms with Crippen molar-refractivity contribution in [3.8, 4) is 11.5 Å². The van der Waals surface area contributed by atoms with Gasteiger partial charge in [-0.15, -0.1) is 12.4 Å². The molecule has 1 fully saturated rings. The minimum Gasteiger partial charge on any atom is -0.508 e. The molecule has 26 heavy (non-hydrogen) atoms. The molecule has 0 spiro atoms. The zero-order valence-electron chi connectivity index (χ0n) is 14.9. The maximum atomic E-state index is 12.5. The van der Waals surface area contributed by atoms with E-state index >= 15 is 0 Å². The number of rotatable bonds is 5. The van der Waals surface area contributed by atoms with Crippen molar-refractivity contribution in [2.75, 3.05) is 32.7 Å². The molecule has 0 radical (unpaired) electrons. The first kappa shape index (κ1) is 20.2.